The molecular weight excluding hydrogens is 693 g/mol. The fourth-order valence-corrected chi connectivity index (χ4v) is 7.92. The molecule has 18 heteroatoms. The molecule has 1 aromatic carbocycles. The number of methoxy groups -OCH3 is 1. The minimum Gasteiger partial charge on any atom is -0.497 e. The van der Waals surface area contributed by atoms with Gasteiger partial charge in [0.2, 0.25) is 18.5 Å². The molecule has 3 atom stereocenters. The van der Waals surface area contributed by atoms with Crippen molar-refractivity contribution in [2.75, 3.05) is 19.2 Å². The Morgan fingerprint density at radius 3 is 2.04 bits per heavy atom. The topological polar surface area (TPSA) is 195 Å². The van der Waals surface area contributed by atoms with Crippen LogP contribution < -0.4 is 10.5 Å². The van der Waals surface area contributed by atoms with E-state index in [1.807, 2.05) is 24.3 Å². The summed E-state index contributed by atoms with van der Waals surface area (Å²) in [5.74, 6) is 0.483. The lowest BCUT2D eigenvalue weighted by molar-refractivity contribution is -0.365. The molecule has 5 rings (SSSR count). The van der Waals surface area contributed by atoms with Crippen molar-refractivity contribution in [2.24, 2.45) is 11.8 Å². The number of anilines is 1. The van der Waals surface area contributed by atoms with Crippen molar-refractivity contribution in [1.29, 1.82) is 0 Å². The van der Waals surface area contributed by atoms with Gasteiger partial charge in [-0.2, -0.15) is 14.8 Å². The predicted octanol–water partition coefficient (Wildman–Crippen LogP) is 6.18. The third-order valence-corrected chi connectivity index (χ3v) is 10.7. The van der Waals surface area contributed by atoms with Crippen molar-refractivity contribution in [3.63, 3.8) is 0 Å². The van der Waals surface area contributed by atoms with E-state index in [2.05, 4.69) is 15.0 Å². The Hall–Kier alpha value is -3.31. The predicted molar refractivity (Wildman–Crippen MR) is 179 cm³/mol. The van der Waals surface area contributed by atoms with Gasteiger partial charge < -0.3 is 29.2 Å². The first kappa shape index (κ1) is 37.9. The van der Waals surface area contributed by atoms with E-state index in [0.717, 1.165) is 74.9 Å². The molecule has 2 heterocycles. The van der Waals surface area contributed by atoms with E-state index in [1.165, 1.54) is 11.8 Å². The van der Waals surface area contributed by atoms with Gasteiger partial charge in [0.15, 0.2) is 12.0 Å². The van der Waals surface area contributed by atoms with Gasteiger partial charge in [0.1, 0.15) is 16.3 Å². The summed E-state index contributed by atoms with van der Waals surface area (Å²) in [6.45, 7) is 2.48. The first-order valence-electron chi connectivity index (χ1n) is 16.7. The van der Waals surface area contributed by atoms with Gasteiger partial charge in [0.05, 0.1) is 26.1 Å². The summed E-state index contributed by atoms with van der Waals surface area (Å²) in [6.07, 6.45) is 6.92. The molecule has 2 aliphatic carbocycles. The van der Waals surface area contributed by atoms with Crippen LogP contribution in [0, 0.1) is 11.8 Å². The number of nitrogens with two attached hydrogens (primary N) is 1. The van der Waals surface area contributed by atoms with Crippen LogP contribution in [-0.4, -0.2) is 64.6 Å². The smallest absolute Gasteiger partial charge is 0.409 e. The molecule has 0 saturated heterocycles. The number of carbonyl (C=O) groups excluding carboxylic acids is 2. The van der Waals surface area contributed by atoms with Gasteiger partial charge in [-0.15, -0.1) is 9.35 Å². The van der Waals surface area contributed by atoms with Crippen LogP contribution in [0.2, 0.25) is 0 Å². The highest BCUT2D eigenvalue weighted by atomic mass is 32.2. The van der Waals surface area contributed by atoms with E-state index in [0.29, 0.717) is 16.2 Å². The Balaban J connectivity index is 1.27. The van der Waals surface area contributed by atoms with Crippen LogP contribution in [0.25, 0.3) is 11.2 Å². The Bertz CT molecular complexity index is 1530. The van der Waals surface area contributed by atoms with Gasteiger partial charge in [0, 0.05) is 16.7 Å². The number of ether oxygens (including phenoxy) is 4. The molecule has 2 aromatic heterocycles. The summed E-state index contributed by atoms with van der Waals surface area (Å²) in [5, 5.41) is 0.570. The number of benzene rings is 1. The SMILES string of the molecule is COc1ccc(Sc2nc(N)nc3c2ncn3CC(C)OCP(=O)(OOC(OC=O)C2CCCCC2)OOC(OC=O)C2CCCCC2)cc1. The number of aromatic nitrogens is 4. The maximum atomic E-state index is 14.0. The van der Waals surface area contributed by atoms with Gasteiger partial charge in [-0.05, 0) is 56.9 Å². The van der Waals surface area contributed by atoms with E-state index >= 15 is 0 Å². The van der Waals surface area contributed by atoms with E-state index < -0.39 is 32.6 Å². The molecule has 2 saturated carbocycles. The lowest BCUT2D eigenvalue weighted by atomic mass is 9.89. The fourth-order valence-electron chi connectivity index (χ4n) is 6.06. The van der Waals surface area contributed by atoms with Crippen LogP contribution in [0.4, 0.5) is 5.95 Å². The molecule has 3 aromatic rings. The van der Waals surface area contributed by atoms with Gasteiger partial charge in [-0.3, -0.25) is 14.2 Å². The normalized spacial score (nSPS) is 18.9. The molecular formula is C32H44N5O11PS. The molecule has 3 unspecified atom stereocenters. The van der Waals surface area contributed by atoms with Gasteiger partial charge in [-0.1, -0.05) is 50.3 Å². The van der Waals surface area contributed by atoms with Crippen molar-refractivity contribution < 1.29 is 52.2 Å². The maximum absolute atomic E-state index is 14.0. The monoisotopic (exact) mass is 737 g/mol. The Labute approximate surface area is 294 Å². The van der Waals surface area contributed by atoms with E-state index in [9.17, 15) is 14.2 Å². The second kappa shape index (κ2) is 18.8. The zero-order valence-electron chi connectivity index (χ0n) is 28.1. The van der Waals surface area contributed by atoms with Gasteiger partial charge in [0.25, 0.3) is 12.9 Å². The number of fused-ring (bicyclic) bond motifs is 1. The molecule has 0 aliphatic heterocycles. The quantitative estimate of drug-likeness (QED) is 0.0344. The highest BCUT2D eigenvalue weighted by Crippen LogP contribution is 2.51. The summed E-state index contributed by atoms with van der Waals surface area (Å²) < 4.78 is 48.0. The lowest BCUT2D eigenvalue weighted by Crippen LogP contribution is -2.30. The van der Waals surface area contributed by atoms with E-state index in [1.54, 1.807) is 24.9 Å². The summed E-state index contributed by atoms with van der Waals surface area (Å²) in [6, 6.07) is 7.50. The van der Waals surface area contributed by atoms with Gasteiger partial charge >= 0.3 is 7.60 Å². The molecule has 16 nitrogen and oxygen atoms in total. The number of hydrogen-bond donors (Lipinski definition) is 1. The van der Waals surface area contributed by atoms with E-state index in [-0.39, 0.29) is 37.3 Å². The standard InChI is InChI=1S/C32H44N5O11PS/c1-22(17-37-18-34-27-28(37)35-32(33)36-29(27)50-26-15-13-25(41-2)14-16-26)44-21-49(40,47-45-30(42-19-38)23-9-5-3-6-10-23)48-46-31(43-20-39)24-11-7-4-8-12-24/h13-16,18-20,22-24,30-31H,3-12,17,21H2,1-2H3,(H2,33,35,36). The third-order valence-electron chi connectivity index (χ3n) is 8.65. The van der Waals surface area contributed by atoms with E-state index in [4.69, 9.17) is 43.8 Å². The van der Waals surface area contributed by atoms with Crippen molar-refractivity contribution in [2.45, 2.75) is 106 Å². The summed E-state index contributed by atoms with van der Waals surface area (Å²) in [5.41, 5.74) is 7.10. The summed E-state index contributed by atoms with van der Waals surface area (Å²) >= 11 is 1.38. The molecule has 0 radical (unpaired) electrons. The van der Waals surface area contributed by atoms with Crippen molar-refractivity contribution in [3.05, 3.63) is 30.6 Å². The molecule has 2 fully saturated rings. The zero-order valence-corrected chi connectivity index (χ0v) is 29.8. The highest BCUT2D eigenvalue weighted by Gasteiger charge is 2.37. The second-order valence-corrected chi connectivity index (χ2v) is 15.1. The number of hydrogen-bond acceptors (Lipinski definition) is 16. The Morgan fingerprint density at radius 1 is 0.920 bits per heavy atom. The third kappa shape index (κ3) is 10.6. The number of nitrogen functional groups attached to an aromatic ring is 1. The Kier molecular flexibility index (Phi) is 14.3. The van der Waals surface area contributed by atoms with Crippen LogP contribution in [-0.2, 0) is 54.0 Å². The van der Waals surface area contributed by atoms with Crippen molar-refractivity contribution in [1.82, 2.24) is 19.5 Å². The number of carbonyl (C=O) groups is 2. The van der Waals surface area contributed by atoms with Crippen LogP contribution >= 0.6 is 19.4 Å². The summed E-state index contributed by atoms with van der Waals surface area (Å²) in [4.78, 5) is 47.7. The van der Waals surface area contributed by atoms with Crippen molar-refractivity contribution in [3.8, 4) is 5.75 Å². The maximum Gasteiger partial charge on any atom is 0.409 e. The number of nitrogens with zero attached hydrogens (tertiary/aromatic N) is 4. The number of imidazole rings is 1. The van der Waals surface area contributed by atoms with Crippen LogP contribution in [0.5, 0.6) is 5.75 Å². The minimum atomic E-state index is -4.37. The lowest BCUT2D eigenvalue weighted by Gasteiger charge is -2.30. The first-order chi connectivity index (χ1) is 24.3. The van der Waals surface area contributed by atoms with Crippen LogP contribution in [0.1, 0.15) is 71.1 Å². The fraction of sp³-hybridized carbons (Fsp3) is 0.594. The molecule has 0 amide bonds. The summed E-state index contributed by atoms with van der Waals surface area (Å²) in [7, 11) is -2.77. The average Bonchev–Trinajstić information content (AvgIpc) is 3.54. The number of rotatable bonds is 20. The van der Waals surface area contributed by atoms with Gasteiger partial charge in [-0.25, -0.2) is 9.97 Å². The molecule has 0 bridgehead atoms. The molecule has 2 N–H and O–H groups in total. The molecule has 2 aliphatic rings. The minimum absolute atomic E-state index is 0.0690. The van der Waals surface area contributed by atoms with Crippen LogP contribution in [0.3, 0.4) is 0 Å². The average molecular weight is 738 g/mol. The Morgan fingerprint density at radius 2 is 1.50 bits per heavy atom. The molecule has 0 spiro atoms. The highest BCUT2D eigenvalue weighted by molar-refractivity contribution is 7.99. The first-order valence-corrected chi connectivity index (χ1v) is 19.2. The second-order valence-electron chi connectivity index (χ2n) is 12.3. The van der Waals surface area contributed by atoms with Crippen molar-refractivity contribution >= 4 is 49.4 Å². The largest absolute Gasteiger partial charge is 0.497 e. The van der Waals surface area contributed by atoms with Crippen LogP contribution in [0.15, 0.2) is 40.5 Å². The molecule has 50 heavy (non-hydrogen) atoms. The zero-order chi connectivity index (χ0) is 35.3. The molecule has 274 valence electrons.